The van der Waals surface area contributed by atoms with Gasteiger partial charge in [-0.25, -0.2) is 0 Å². The predicted molar refractivity (Wildman–Crippen MR) is 64.1 cm³/mol. The number of nitrogens with one attached hydrogen (secondary N) is 2. The number of hydrogen-bond donors (Lipinski definition) is 2. The molecule has 0 aromatic carbocycles. The Kier molecular flexibility index (Phi) is 3.57. The summed E-state index contributed by atoms with van der Waals surface area (Å²) in [7, 11) is 0. The third kappa shape index (κ3) is 2.88. The van der Waals surface area contributed by atoms with Gasteiger partial charge in [0.1, 0.15) is 0 Å². The lowest BCUT2D eigenvalue weighted by atomic mass is 10.0. The van der Waals surface area contributed by atoms with Crippen LogP contribution in [0.15, 0.2) is 0 Å². The summed E-state index contributed by atoms with van der Waals surface area (Å²) in [5.74, 6) is 0.204. The Hall–Kier alpha value is -0.220. The van der Waals surface area contributed by atoms with E-state index in [1.165, 1.54) is 25.7 Å². The van der Waals surface area contributed by atoms with Crippen LogP contribution in [0.4, 0.5) is 0 Å². The third-order valence-corrected chi connectivity index (χ3v) is 4.87. The molecule has 1 aliphatic heterocycles. The first-order valence-electron chi connectivity index (χ1n) is 5.82. The van der Waals surface area contributed by atoms with Crippen molar-refractivity contribution in [1.29, 1.82) is 0 Å². The van der Waals surface area contributed by atoms with Gasteiger partial charge in [-0.15, -0.1) is 0 Å². The zero-order valence-corrected chi connectivity index (χ0v) is 10.2. The molecular weight excluding hydrogens is 208 g/mol. The highest BCUT2D eigenvalue weighted by atomic mass is 32.2. The van der Waals surface area contributed by atoms with Crippen molar-refractivity contribution >= 4 is 17.7 Å². The van der Waals surface area contributed by atoms with Crippen LogP contribution in [0.25, 0.3) is 0 Å². The van der Waals surface area contributed by atoms with Crippen LogP contribution >= 0.6 is 11.8 Å². The fourth-order valence-electron chi connectivity index (χ4n) is 2.04. The summed E-state index contributed by atoms with van der Waals surface area (Å²) in [5, 5.41) is 6.36. The maximum atomic E-state index is 11.8. The average Bonchev–Trinajstić information content (AvgIpc) is 3.08. The molecule has 3 nitrogen and oxygen atoms in total. The maximum absolute atomic E-state index is 11.8. The van der Waals surface area contributed by atoms with Crippen molar-refractivity contribution in [3.63, 3.8) is 0 Å². The Morgan fingerprint density at radius 2 is 2.33 bits per heavy atom. The molecule has 1 aliphatic carbocycles. The largest absolute Gasteiger partial charge is 0.353 e. The van der Waals surface area contributed by atoms with E-state index in [0.29, 0.717) is 4.75 Å². The van der Waals surface area contributed by atoms with Crippen molar-refractivity contribution in [1.82, 2.24) is 10.6 Å². The molecule has 0 aromatic heterocycles. The van der Waals surface area contributed by atoms with Crippen LogP contribution in [0.5, 0.6) is 0 Å². The molecule has 2 N–H and O–H groups in total. The third-order valence-electron chi connectivity index (χ3n) is 3.45. The van der Waals surface area contributed by atoms with E-state index in [9.17, 15) is 4.79 Å². The lowest BCUT2D eigenvalue weighted by Crippen LogP contribution is -2.48. The molecule has 0 bridgehead atoms. The second-order valence-corrected chi connectivity index (χ2v) is 5.88. The van der Waals surface area contributed by atoms with Crippen molar-refractivity contribution < 1.29 is 4.79 Å². The molecule has 1 amide bonds. The monoisotopic (exact) mass is 228 g/mol. The summed E-state index contributed by atoms with van der Waals surface area (Å²) in [6, 6.07) is 0.0661. The number of piperidine rings is 1. The lowest BCUT2D eigenvalue weighted by Gasteiger charge is -2.23. The van der Waals surface area contributed by atoms with Gasteiger partial charge in [-0.1, -0.05) is 6.42 Å². The summed E-state index contributed by atoms with van der Waals surface area (Å²) in [6.45, 7) is 1.84. The molecule has 15 heavy (non-hydrogen) atoms. The highest BCUT2D eigenvalue weighted by molar-refractivity contribution is 8.00. The minimum Gasteiger partial charge on any atom is -0.353 e. The Morgan fingerprint density at radius 1 is 1.53 bits per heavy atom. The van der Waals surface area contributed by atoms with Gasteiger partial charge in [0.2, 0.25) is 5.91 Å². The van der Waals surface area contributed by atoms with Crippen molar-refractivity contribution in [2.75, 3.05) is 19.3 Å². The van der Waals surface area contributed by atoms with Gasteiger partial charge in [-0.3, -0.25) is 4.79 Å². The zero-order valence-electron chi connectivity index (χ0n) is 9.34. The SMILES string of the molecule is CSC1(CNC(=O)C2CCCCN2)CC1. The molecule has 86 valence electrons. The van der Waals surface area contributed by atoms with Crippen molar-refractivity contribution in [3.8, 4) is 0 Å². The number of carbonyl (C=O) groups is 1. The molecule has 2 aliphatic rings. The van der Waals surface area contributed by atoms with Gasteiger partial charge in [0, 0.05) is 11.3 Å². The summed E-state index contributed by atoms with van der Waals surface area (Å²) >= 11 is 1.89. The lowest BCUT2D eigenvalue weighted by molar-refractivity contribution is -0.123. The summed E-state index contributed by atoms with van der Waals surface area (Å²) in [4.78, 5) is 11.8. The van der Waals surface area contributed by atoms with E-state index in [0.717, 1.165) is 19.5 Å². The minimum absolute atomic E-state index is 0.0661. The Bertz CT molecular complexity index is 235. The predicted octanol–water partition coefficient (Wildman–Crippen LogP) is 1.14. The van der Waals surface area contributed by atoms with Crippen molar-refractivity contribution in [2.45, 2.75) is 42.9 Å². The van der Waals surface area contributed by atoms with E-state index in [1.807, 2.05) is 11.8 Å². The molecule has 2 rings (SSSR count). The Labute approximate surface area is 95.8 Å². The highest BCUT2D eigenvalue weighted by Gasteiger charge is 2.42. The topological polar surface area (TPSA) is 41.1 Å². The Morgan fingerprint density at radius 3 is 2.87 bits per heavy atom. The van der Waals surface area contributed by atoms with E-state index in [1.54, 1.807) is 0 Å². The molecule has 0 radical (unpaired) electrons. The molecule has 4 heteroatoms. The normalized spacial score (nSPS) is 28.5. The second kappa shape index (κ2) is 4.74. The molecule has 2 fully saturated rings. The van der Waals surface area contributed by atoms with Gasteiger partial charge in [0.05, 0.1) is 6.04 Å². The van der Waals surface area contributed by atoms with Crippen molar-refractivity contribution in [3.05, 3.63) is 0 Å². The number of rotatable bonds is 4. The van der Waals surface area contributed by atoms with E-state index in [2.05, 4.69) is 16.9 Å². The average molecular weight is 228 g/mol. The van der Waals surface area contributed by atoms with E-state index in [-0.39, 0.29) is 11.9 Å². The fourth-order valence-corrected chi connectivity index (χ4v) is 2.77. The minimum atomic E-state index is 0.0661. The van der Waals surface area contributed by atoms with Crippen molar-refractivity contribution in [2.24, 2.45) is 0 Å². The first kappa shape index (κ1) is 11.3. The summed E-state index contributed by atoms with van der Waals surface area (Å²) in [6.07, 6.45) is 8.03. The first-order chi connectivity index (χ1) is 7.26. The van der Waals surface area contributed by atoms with E-state index >= 15 is 0 Å². The zero-order chi connectivity index (χ0) is 10.7. The Balaban J connectivity index is 1.72. The quantitative estimate of drug-likeness (QED) is 0.758. The molecule has 1 atom stereocenters. The van der Waals surface area contributed by atoms with Crippen LogP contribution in [0, 0.1) is 0 Å². The van der Waals surface area contributed by atoms with Gasteiger partial charge in [0.15, 0.2) is 0 Å². The van der Waals surface area contributed by atoms with Crippen LogP contribution in [-0.2, 0) is 4.79 Å². The van der Waals surface area contributed by atoms with Gasteiger partial charge in [0.25, 0.3) is 0 Å². The number of thioether (sulfide) groups is 1. The standard InChI is InChI=1S/C11H20N2OS/c1-15-11(5-6-11)8-13-10(14)9-4-2-3-7-12-9/h9,12H,2-8H2,1H3,(H,13,14). The van der Waals surface area contributed by atoms with Crippen LogP contribution in [-0.4, -0.2) is 36.0 Å². The molecule has 0 spiro atoms. The number of amides is 1. The molecule has 1 unspecified atom stereocenters. The smallest absolute Gasteiger partial charge is 0.237 e. The summed E-state index contributed by atoms with van der Waals surface area (Å²) < 4.78 is 0.379. The second-order valence-electron chi connectivity index (χ2n) is 4.61. The molecule has 0 aromatic rings. The molecule has 1 heterocycles. The van der Waals surface area contributed by atoms with E-state index < -0.39 is 0 Å². The van der Waals surface area contributed by atoms with Crippen LogP contribution in [0.1, 0.15) is 32.1 Å². The van der Waals surface area contributed by atoms with Gasteiger partial charge >= 0.3 is 0 Å². The molecule has 1 saturated heterocycles. The van der Waals surface area contributed by atoms with Crippen LogP contribution < -0.4 is 10.6 Å². The van der Waals surface area contributed by atoms with Gasteiger partial charge < -0.3 is 10.6 Å². The first-order valence-corrected chi connectivity index (χ1v) is 7.04. The highest BCUT2D eigenvalue weighted by Crippen LogP contribution is 2.46. The maximum Gasteiger partial charge on any atom is 0.237 e. The van der Waals surface area contributed by atoms with E-state index in [4.69, 9.17) is 0 Å². The summed E-state index contributed by atoms with van der Waals surface area (Å²) in [5.41, 5.74) is 0. The van der Waals surface area contributed by atoms with Crippen LogP contribution in [0.3, 0.4) is 0 Å². The number of carbonyl (C=O) groups excluding carboxylic acids is 1. The van der Waals surface area contributed by atoms with Gasteiger partial charge in [-0.05, 0) is 38.5 Å². The molecule has 1 saturated carbocycles. The number of hydrogen-bond acceptors (Lipinski definition) is 3. The van der Waals surface area contributed by atoms with Gasteiger partial charge in [-0.2, -0.15) is 11.8 Å². The molecular formula is C11H20N2OS. The fraction of sp³-hybridized carbons (Fsp3) is 0.909. The van der Waals surface area contributed by atoms with Crippen LogP contribution in [0.2, 0.25) is 0 Å².